The molecule has 2 aliphatic carbocycles. The standard InChI is InChI=1S/C11H22N2/c1-8(6-9-2-3-9)13-11-5-4-10(12)7-11/h8-11,13H,2-7,12H2,1H3. The summed E-state index contributed by atoms with van der Waals surface area (Å²) in [5.74, 6) is 1.04. The van der Waals surface area contributed by atoms with Gasteiger partial charge in [0, 0.05) is 18.1 Å². The van der Waals surface area contributed by atoms with E-state index in [2.05, 4.69) is 12.2 Å². The molecular formula is C11H22N2. The quantitative estimate of drug-likeness (QED) is 0.693. The first-order valence-electron chi connectivity index (χ1n) is 5.75. The Balaban J connectivity index is 1.64. The van der Waals surface area contributed by atoms with Crippen LogP contribution in [0.3, 0.4) is 0 Å². The zero-order valence-electron chi connectivity index (χ0n) is 8.63. The molecule has 2 fully saturated rings. The number of rotatable bonds is 4. The Labute approximate surface area is 81.3 Å². The smallest absolute Gasteiger partial charge is 0.00848 e. The predicted octanol–water partition coefficient (Wildman–Crippen LogP) is 1.64. The predicted molar refractivity (Wildman–Crippen MR) is 55.6 cm³/mol. The summed E-state index contributed by atoms with van der Waals surface area (Å²) < 4.78 is 0. The van der Waals surface area contributed by atoms with Gasteiger partial charge in [-0.1, -0.05) is 12.8 Å². The third-order valence-electron chi connectivity index (χ3n) is 3.38. The van der Waals surface area contributed by atoms with E-state index in [1.165, 1.54) is 38.5 Å². The normalized spacial score (nSPS) is 36.5. The lowest BCUT2D eigenvalue weighted by atomic mass is 10.1. The van der Waals surface area contributed by atoms with Gasteiger partial charge in [-0.2, -0.15) is 0 Å². The van der Waals surface area contributed by atoms with Crippen LogP contribution in [-0.2, 0) is 0 Å². The van der Waals surface area contributed by atoms with Crippen LogP contribution in [0.15, 0.2) is 0 Å². The van der Waals surface area contributed by atoms with Gasteiger partial charge in [0.1, 0.15) is 0 Å². The Morgan fingerprint density at radius 3 is 2.62 bits per heavy atom. The molecular weight excluding hydrogens is 160 g/mol. The molecule has 2 rings (SSSR count). The molecule has 0 spiro atoms. The maximum Gasteiger partial charge on any atom is 0.00848 e. The van der Waals surface area contributed by atoms with Crippen molar-refractivity contribution in [1.82, 2.24) is 5.32 Å². The monoisotopic (exact) mass is 182 g/mol. The van der Waals surface area contributed by atoms with Crippen LogP contribution in [0.4, 0.5) is 0 Å². The van der Waals surface area contributed by atoms with Crippen molar-refractivity contribution in [2.75, 3.05) is 0 Å². The van der Waals surface area contributed by atoms with E-state index in [4.69, 9.17) is 5.73 Å². The number of hydrogen-bond acceptors (Lipinski definition) is 2. The van der Waals surface area contributed by atoms with Crippen molar-refractivity contribution in [2.24, 2.45) is 11.7 Å². The van der Waals surface area contributed by atoms with E-state index < -0.39 is 0 Å². The first kappa shape index (κ1) is 9.47. The maximum absolute atomic E-state index is 5.87. The number of nitrogens with one attached hydrogen (secondary N) is 1. The van der Waals surface area contributed by atoms with E-state index in [9.17, 15) is 0 Å². The molecule has 0 aliphatic heterocycles. The molecule has 0 aromatic rings. The Hall–Kier alpha value is -0.0800. The number of hydrogen-bond donors (Lipinski definition) is 2. The molecule has 13 heavy (non-hydrogen) atoms. The third-order valence-corrected chi connectivity index (χ3v) is 3.38. The molecule has 2 aliphatic rings. The van der Waals surface area contributed by atoms with Crippen LogP contribution in [0, 0.1) is 5.92 Å². The molecule has 3 atom stereocenters. The van der Waals surface area contributed by atoms with Crippen LogP contribution in [-0.4, -0.2) is 18.1 Å². The van der Waals surface area contributed by atoms with Gasteiger partial charge in [-0.05, 0) is 38.5 Å². The molecule has 2 saturated carbocycles. The maximum atomic E-state index is 5.87. The van der Waals surface area contributed by atoms with Gasteiger partial charge < -0.3 is 11.1 Å². The van der Waals surface area contributed by atoms with E-state index in [1.54, 1.807) is 0 Å². The highest BCUT2D eigenvalue weighted by molar-refractivity contribution is 4.86. The number of nitrogens with two attached hydrogens (primary N) is 1. The molecule has 0 amide bonds. The van der Waals surface area contributed by atoms with E-state index in [-0.39, 0.29) is 0 Å². The molecule has 0 saturated heterocycles. The Kier molecular flexibility index (Phi) is 2.89. The average Bonchev–Trinajstić information content (AvgIpc) is 2.76. The molecule has 2 nitrogen and oxygen atoms in total. The molecule has 3 unspecified atom stereocenters. The molecule has 76 valence electrons. The molecule has 0 heterocycles. The van der Waals surface area contributed by atoms with Crippen molar-refractivity contribution >= 4 is 0 Å². The molecule has 0 aromatic heterocycles. The summed E-state index contributed by atoms with van der Waals surface area (Å²) >= 11 is 0. The highest BCUT2D eigenvalue weighted by Gasteiger charge is 2.26. The minimum atomic E-state index is 0.464. The van der Waals surface area contributed by atoms with Crippen molar-refractivity contribution < 1.29 is 0 Å². The fourth-order valence-corrected chi connectivity index (χ4v) is 2.49. The zero-order valence-corrected chi connectivity index (χ0v) is 8.63. The van der Waals surface area contributed by atoms with Gasteiger partial charge in [-0.3, -0.25) is 0 Å². The van der Waals surface area contributed by atoms with Gasteiger partial charge in [0.15, 0.2) is 0 Å². The molecule has 3 N–H and O–H groups in total. The highest BCUT2D eigenvalue weighted by Crippen LogP contribution is 2.33. The van der Waals surface area contributed by atoms with Gasteiger partial charge in [-0.15, -0.1) is 0 Å². The van der Waals surface area contributed by atoms with Crippen molar-refractivity contribution in [3.05, 3.63) is 0 Å². The van der Waals surface area contributed by atoms with Gasteiger partial charge in [0.2, 0.25) is 0 Å². The van der Waals surface area contributed by atoms with Crippen LogP contribution in [0.5, 0.6) is 0 Å². The lowest BCUT2D eigenvalue weighted by Gasteiger charge is -2.19. The van der Waals surface area contributed by atoms with Gasteiger partial charge >= 0.3 is 0 Å². The van der Waals surface area contributed by atoms with E-state index in [0.29, 0.717) is 18.1 Å². The largest absolute Gasteiger partial charge is 0.328 e. The first-order chi connectivity index (χ1) is 6.24. The molecule has 2 heteroatoms. The highest BCUT2D eigenvalue weighted by atomic mass is 15.0. The van der Waals surface area contributed by atoms with Crippen LogP contribution in [0.2, 0.25) is 0 Å². The minimum absolute atomic E-state index is 0.464. The summed E-state index contributed by atoms with van der Waals surface area (Å²) in [4.78, 5) is 0. The van der Waals surface area contributed by atoms with Crippen LogP contribution in [0.1, 0.15) is 45.4 Å². The fraction of sp³-hybridized carbons (Fsp3) is 1.00. The SMILES string of the molecule is CC(CC1CC1)NC1CCC(N)C1. The van der Waals surface area contributed by atoms with Crippen molar-refractivity contribution in [2.45, 2.75) is 63.6 Å². The van der Waals surface area contributed by atoms with E-state index in [0.717, 1.165) is 5.92 Å². The van der Waals surface area contributed by atoms with Gasteiger partial charge in [0.25, 0.3) is 0 Å². The second-order valence-electron chi connectivity index (χ2n) is 5.02. The summed E-state index contributed by atoms with van der Waals surface area (Å²) in [5.41, 5.74) is 5.87. The first-order valence-corrected chi connectivity index (χ1v) is 5.75. The lowest BCUT2D eigenvalue weighted by Crippen LogP contribution is -2.36. The van der Waals surface area contributed by atoms with Gasteiger partial charge in [0.05, 0.1) is 0 Å². The van der Waals surface area contributed by atoms with Gasteiger partial charge in [-0.25, -0.2) is 0 Å². The summed E-state index contributed by atoms with van der Waals surface area (Å²) in [6, 6.07) is 1.89. The second kappa shape index (κ2) is 3.97. The van der Waals surface area contributed by atoms with Crippen LogP contribution >= 0.6 is 0 Å². The van der Waals surface area contributed by atoms with E-state index in [1.807, 2.05) is 0 Å². The van der Waals surface area contributed by atoms with Crippen LogP contribution < -0.4 is 11.1 Å². The molecule has 0 bridgehead atoms. The Bertz CT molecular complexity index is 165. The average molecular weight is 182 g/mol. The summed E-state index contributed by atoms with van der Waals surface area (Å²) in [5, 5.41) is 3.70. The Morgan fingerprint density at radius 2 is 2.08 bits per heavy atom. The Morgan fingerprint density at radius 1 is 1.31 bits per heavy atom. The summed E-state index contributed by atoms with van der Waals surface area (Å²) in [7, 11) is 0. The van der Waals surface area contributed by atoms with Crippen molar-refractivity contribution in [3.8, 4) is 0 Å². The topological polar surface area (TPSA) is 38.0 Å². The van der Waals surface area contributed by atoms with Crippen molar-refractivity contribution in [3.63, 3.8) is 0 Å². The third kappa shape index (κ3) is 2.96. The zero-order chi connectivity index (χ0) is 9.26. The summed E-state index contributed by atoms with van der Waals surface area (Å²) in [6.07, 6.45) is 8.01. The molecule has 0 radical (unpaired) electrons. The van der Waals surface area contributed by atoms with Crippen molar-refractivity contribution in [1.29, 1.82) is 0 Å². The van der Waals surface area contributed by atoms with Crippen LogP contribution in [0.25, 0.3) is 0 Å². The van der Waals surface area contributed by atoms with E-state index >= 15 is 0 Å². The second-order valence-corrected chi connectivity index (χ2v) is 5.02. The fourth-order valence-electron chi connectivity index (χ4n) is 2.49. The minimum Gasteiger partial charge on any atom is -0.328 e. The summed E-state index contributed by atoms with van der Waals surface area (Å²) in [6.45, 7) is 2.32. The molecule has 0 aromatic carbocycles. The lowest BCUT2D eigenvalue weighted by molar-refractivity contribution is 0.414.